The minimum atomic E-state index is -0.255. The van der Waals surface area contributed by atoms with Gasteiger partial charge in [0, 0.05) is 25.0 Å². The monoisotopic (exact) mass is 308 g/mol. The van der Waals surface area contributed by atoms with E-state index in [1.807, 2.05) is 34.6 Å². The molecule has 1 aromatic heterocycles. The van der Waals surface area contributed by atoms with Crippen molar-refractivity contribution in [1.82, 2.24) is 10.2 Å². The summed E-state index contributed by atoms with van der Waals surface area (Å²) in [4.78, 5) is 26.3. The highest BCUT2D eigenvalue weighted by Crippen LogP contribution is 2.16. The Balaban J connectivity index is 2.71. The smallest absolute Gasteiger partial charge is 0.257 e. The van der Waals surface area contributed by atoms with Gasteiger partial charge in [-0.05, 0) is 47.1 Å². The van der Waals surface area contributed by atoms with E-state index in [1.165, 1.54) is 0 Å². The third-order valence-corrected chi connectivity index (χ3v) is 3.18. The number of carbonyl (C=O) groups excluding carboxylic acids is 2. The molecule has 124 valence electrons. The number of carbonyl (C=O) groups is 2. The van der Waals surface area contributed by atoms with Gasteiger partial charge in [-0.1, -0.05) is 6.92 Å². The van der Waals surface area contributed by atoms with E-state index >= 15 is 0 Å². The van der Waals surface area contributed by atoms with Gasteiger partial charge in [0.05, 0.1) is 5.56 Å². The summed E-state index contributed by atoms with van der Waals surface area (Å²) >= 11 is 0. The number of nitrogens with one attached hydrogen (secondary N) is 1. The molecule has 0 radical (unpaired) electrons. The number of hydrogen-bond acceptors (Lipinski definition) is 3. The van der Waals surface area contributed by atoms with Crippen molar-refractivity contribution < 1.29 is 14.0 Å². The molecule has 1 rings (SSSR count). The fraction of sp³-hybridized carbons (Fsp3) is 0.647. The Labute approximate surface area is 133 Å². The largest absolute Gasteiger partial charge is 0.466 e. The van der Waals surface area contributed by atoms with Gasteiger partial charge in [0.15, 0.2) is 0 Å². The van der Waals surface area contributed by atoms with Crippen molar-refractivity contribution >= 4 is 11.8 Å². The van der Waals surface area contributed by atoms with Crippen LogP contribution >= 0.6 is 0 Å². The number of rotatable bonds is 6. The van der Waals surface area contributed by atoms with E-state index in [0.29, 0.717) is 30.8 Å². The third kappa shape index (κ3) is 5.54. The van der Waals surface area contributed by atoms with Gasteiger partial charge in [0.25, 0.3) is 5.91 Å². The number of amides is 2. The Kier molecular flexibility index (Phi) is 6.21. The summed E-state index contributed by atoms with van der Waals surface area (Å²) in [5.41, 5.74) is 0.330. The van der Waals surface area contributed by atoms with Gasteiger partial charge in [-0.2, -0.15) is 0 Å². The molecule has 0 atom stereocenters. The van der Waals surface area contributed by atoms with Crippen LogP contribution in [0.2, 0.25) is 0 Å². The maximum atomic E-state index is 12.6. The molecule has 0 fully saturated rings. The van der Waals surface area contributed by atoms with E-state index in [-0.39, 0.29) is 17.4 Å². The van der Waals surface area contributed by atoms with E-state index in [0.717, 1.165) is 12.2 Å². The van der Waals surface area contributed by atoms with Gasteiger partial charge in [-0.15, -0.1) is 0 Å². The van der Waals surface area contributed by atoms with E-state index < -0.39 is 0 Å². The summed E-state index contributed by atoms with van der Waals surface area (Å²) in [6, 6.07) is 1.76. The van der Waals surface area contributed by atoms with Crippen molar-refractivity contribution in [3.63, 3.8) is 0 Å². The van der Waals surface area contributed by atoms with Gasteiger partial charge in [0.1, 0.15) is 11.5 Å². The molecule has 0 saturated heterocycles. The van der Waals surface area contributed by atoms with Crippen molar-refractivity contribution in [3.8, 4) is 0 Å². The molecular formula is C17H28N2O3. The maximum Gasteiger partial charge on any atom is 0.257 e. The lowest BCUT2D eigenvalue weighted by atomic mass is 10.1. The van der Waals surface area contributed by atoms with Crippen molar-refractivity contribution in [2.75, 3.05) is 13.1 Å². The number of nitrogens with zero attached hydrogens (tertiary/aromatic N) is 1. The van der Waals surface area contributed by atoms with Gasteiger partial charge >= 0.3 is 0 Å². The van der Waals surface area contributed by atoms with Crippen LogP contribution in [0.1, 0.15) is 62.4 Å². The zero-order chi connectivity index (χ0) is 16.9. The lowest BCUT2D eigenvalue weighted by Gasteiger charge is -2.24. The maximum absolute atomic E-state index is 12.6. The highest BCUT2D eigenvalue weighted by atomic mass is 16.3. The number of furan rings is 1. The minimum absolute atomic E-state index is 0.0403. The first-order chi connectivity index (χ1) is 10.1. The molecule has 2 amide bonds. The molecule has 0 saturated carbocycles. The van der Waals surface area contributed by atoms with Crippen molar-refractivity contribution in [3.05, 3.63) is 23.2 Å². The second-order valence-electron chi connectivity index (χ2n) is 6.67. The first-order valence-electron chi connectivity index (χ1n) is 7.81. The molecule has 22 heavy (non-hydrogen) atoms. The fourth-order valence-corrected chi connectivity index (χ4v) is 2.32. The average molecular weight is 308 g/mol. The molecule has 0 spiro atoms. The molecule has 0 aliphatic rings. The minimum Gasteiger partial charge on any atom is -0.466 e. The Morgan fingerprint density at radius 2 is 1.86 bits per heavy atom. The van der Waals surface area contributed by atoms with Gasteiger partial charge in [-0.25, -0.2) is 0 Å². The lowest BCUT2D eigenvalue weighted by Crippen LogP contribution is -2.42. The van der Waals surface area contributed by atoms with Gasteiger partial charge in [0.2, 0.25) is 5.91 Å². The molecular weight excluding hydrogens is 280 g/mol. The predicted molar refractivity (Wildman–Crippen MR) is 86.9 cm³/mol. The fourth-order valence-electron chi connectivity index (χ4n) is 2.32. The summed E-state index contributed by atoms with van der Waals surface area (Å²) < 4.78 is 5.43. The van der Waals surface area contributed by atoms with Gasteiger partial charge < -0.3 is 14.6 Å². The topological polar surface area (TPSA) is 62.6 Å². The average Bonchev–Trinajstić information content (AvgIpc) is 2.70. The number of hydrogen-bond donors (Lipinski definition) is 1. The Morgan fingerprint density at radius 3 is 2.32 bits per heavy atom. The van der Waals surface area contributed by atoms with Crippen LogP contribution in [0.5, 0.6) is 0 Å². The molecule has 0 aliphatic heterocycles. The highest BCUT2D eigenvalue weighted by Gasteiger charge is 2.21. The first kappa shape index (κ1) is 18.3. The van der Waals surface area contributed by atoms with Crippen LogP contribution in [0.25, 0.3) is 0 Å². The Hall–Kier alpha value is -1.78. The van der Waals surface area contributed by atoms with Crippen LogP contribution in [0.15, 0.2) is 10.5 Å². The Bertz CT molecular complexity index is 526. The van der Waals surface area contributed by atoms with E-state index in [9.17, 15) is 9.59 Å². The predicted octanol–water partition coefficient (Wildman–Crippen LogP) is 3.05. The van der Waals surface area contributed by atoms with Gasteiger partial charge in [-0.3, -0.25) is 9.59 Å². The van der Waals surface area contributed by atoms with E-state index in [2.05, 4.69) is 5.32 Å². The molecule has 0 aromatic carbocycles. The molecule has 1 aromatic rings. The van der Waals surface area contributed by atoms with Crippen LogP contribution in [0.3, 0.4) is 0 Å². The second-order valence-corrected chi connectivity index (χ2v) is 6.67. The summed E-state index contributed by atoms with van der Waals surface area (Å²) in [6.07, 6.45) is 1.15. The quantitative estimate of drug-likeness (QED) is 0.878. The van der Waals surface area contributed by atoms with Crippen molar-refractivity contribution in [2.24, 2.45) is 0 Å². The van der Waals surface area contributed by atoms with E-state index in [4.69, 9.17) is 4.42 Å². The van der Waals surface area contributed by atoms with Crippen molar-refractivity contribution in [1.29, 1.82) is 0 Å². The lowest BCUT2D eigenvalue weighted by molar-refractivity contribution is -0.122. The van der Waals surface area contributed by atoms with Crippen molar-refractivity contribution in [2.45, 2.75) is 59.9 Å². The standard InChI is InChI=1S/C17H28N2O3/c1-7-9-19(10-8-15(20)18-17(4,5)6)16(21)14-11-12(2)22-13(14)3/h11H,7-10H2,1-6H3,(H,18,20). The molecule has 5 nitrogen and oxygen atoms in total. The molecule has 1 heterocycles. The zero-order valence-corrected chi connectivity index (χ0v) is 14.6. The molecule has 0 unspecified atom stereocenters. The van der Waals surface area contributed by atoms with Crippen LogP contribution in [-0.2, 0) is 4.79 Å². The summed E-state index contributed by atoms with van der Waals surface area (Å²) in [5, 5.41) is 2.92. The SMILES string of the molecule is CCCN(CCC(=O)NC(C)(C)C)C(=O)c1cc(C)oc1C. The van der Waals surface area contributed by atoms with E-state index in [1.54, 1.807) is 17.9 Å². The van der Waals surface area contributed by atoms with Crippen LogP contribution in [0, 0.1) is 13.8 Å². The molecule has 0 bridgehead atoms. The second kappa shape index (κ2) is 7.47. The number of aryl methyl sites for hydroxylation is 2. The van der Waals surface area contributed by atoms with Crippen LogP contribution < -0.4 is 5.32 Å². The summed E-state index contributed by atoms with van der Waals surface area (Å²) in [5.74, 6) is 1.24. The zero-order valence-electron chi connectivity index (χ0n) is 14.6. The normalized spacial score (nSPS) is 11.4. The molecule has 1 N–H and O–H groups in total. The molecule has 5 heteroatoms. The Morgan fingerprint density at radius 1 is 1.23 bits per heavy atom. The highest BCUT2D eigenvalue weighted by molar-refractivity contribution is 5.95. The summed E-state index contributed by atoms with van der Waals surface area (Å²) in [6.45, 7) is 12.5. The third-order valence-electron chi connectivity index (χ3n) is 3.18. The van der Waals surface area contributed by atoms with Crippen LogP contribution in [0.4, 0.5) is 0 Å². The molecule has 0 aliphatic carbocycles. The van der Waals surface area contributed by atoms with Crippen LogP contribution in [-0.4, -0.2) is 35.3 Å². The summed E-state index contributed by atoms with van der Waals surface area (Å²) in [7, 11) is 0. The first-order valence-corrected chi connectivity index (χ1v) is 7.81.